The van der Waals surface area contributed by atoms with Gasteiger partial charge in [0.05, 0.1) is 6.54 Å². The van der Waals surface area contributed by atoms with Gasteiger partial charge in [0.25, 0.3) is 0 Å². The van der Waals surface area contributed by atoms with Crippen LogP contribution in [-0.2, 0) is 13.6 Å². The normalized spacial score (nSPS) is 21.1. The first-order valence-electron chi connectivity index (χ1n) is 6.08. The molecule has 0 bridgehead atoms. The number of imidazole rings is 1. The molecule has 0 amide bonds. The molecular formula is C13H17N3S. The van der Waals surface area contributed by atoms with Crippen molar-refractivity contribution in [1.29, 1.82) is 0 Å². The van der Waals surface area contributed by atoms with E-state index in [4.69, 9.17) is 0 Å². The molecule has 1 atom stereocenters. The lowest BCUT2D eigenvalue weighted by atomic mass is 10.2. The summed E-state index contributed by atoms with van der Waals surface area (Å²) in [5.41, 5.74) is 0. The average molecular weight is 247 g/mol. The summed E-state index contributed by atoms with van der Waals surface area (Å²) >= 11 is 1.87. The van der Waals surface area contributed by atoms with E-state index in [1.807, 2.05) is 23.7 Å². The molecule has 3 heterocycles. The van der Waals surface area contributed by atoms with Crippen LogP contribution in [0.1, 0.15) is 29.6 Å². The van der Waals surface area contributed by atoms with E-state index in [1.54, 1.807) is 0 Å². The largest absolute Gasteiger partial charge is 0.337 e. The predicted octanol–water partition coefficient (Wildman–Crippen LogP) is 2.82. The van der Waals surface area contributed by atoms with Crippen LogP contribution in [0.25, 0.3) is 0 Å². The van der Waals surface area contributed by atoms with E-state index in [2.05, 4.69) is 39.0 Å². The number of hydrogen-bond donors (Lipinski definition) is 0. The molecule has 0 aliphatic carbocycles. The van der Waals surface area contributed by atoms with Gasteiger partial charge in [0.15, 0.2) is 0 Å². The Hall–Kier alpha value is -1.13. The second kappa shape index (κ2) is 4.63. The van der Waals surface area contributed by atoms with Crippen LogP contribution in [-0.4, -0.2) is 21.0 Å². The molecule has 1 aliphatic rings. The Bertz CT molecular complexity index is 475. The van der Waals surface area contributed by atoms with Crippen molar-refractivity contribution >= 4 is 11.3 Å². The minimum Gasteiger partial charge on any atom is -0.337 e. The maximum absolute atomic E-state index is 4.42. The smallest absolute Gasteiger partial charge is 0.122 e. The standard InChI is InChI=1S/C13H17N3S/c1-15-8-6-14-13(15)10-16-7-2-4-11(16)12-5-3-9-17-12/h3,5-6,8-9,11H,2,4,7,10H2,1H3. The molecule has 90 valence electrons. The topological polar surface area (TPSA) is 21.1 Å². The summed E-state index contributed by atoms with van der Waals surface area (Å²) in [7, 11) is 2.07. The second-order valence-corrected chi connectivity index (χ2v) is 5.58. The highest BCUT2D eigenvalue weighted by atomic mass is 32.1. The predicted molar refractivity (Wildman–Crippen MR) is 69.9 cm³/mol. The summed E-state index contributed by atoms with van der Waals surface area (Å²) in [6.07, 6.45) is 6.48. The van der Waals surface area contributed by atoms with Crippen molar-refractivity contribution in [1.82, 2.24) is 14.5 Å². The maximum atomic E-state index is 4.42. The van der Waals surface area contributed by atoms with Crippen molar-refractivity contribution in [3.63, 3.8) is 0 Å². The molecule has 1 saturated heterocycles. The number of hydrogen-bond acceptors (Lipinski definition) is 3. The van der Waals surface area contributed by atoms with E-state index in [0.717, 1.165) is 12.4 Å². The third-order valence-corrected chi connectivity index (χ3v) is 4.47. The minimum atomic E-state index is 0.603. The van der Waals surface area contributed by atoms with E-state index in [1.165, 1.54) is 24.3 Å². The van der Waals surface area contributed by atoms with E-state index in [9.17, 15) is 0 Å². The van der Waals surface area contributed by atoms with Crippen molar-refractivity contribution in [2.24, 2.45) is 7.05 Å². The summed E-state index contributed by atoms with van der Waals surface area (Å²) in [5, 5.41) is 2.17. The molecule has 0 N–H and O–H groups in total. The lowest BCUT2D eigenvalue weighted by Crippen LogP contribution is -2.23. The molecular weight excluding hydrogens is 230 g/mol. The molecule has 2 aromatic heterocycles. The van der Waals surface area contributed by atoms with Crippen molar-refractivity contribution < 1.29 is 0 Å². The van der Waals surface area contributed by atoms with Crippen LogP contribution in [0.4, 0.5) is 0 Å². The molecule has 1 unspecified atom stereocenters. The van der Waals surface area contributed by atoms with Crippen LogP contribution in [0, 0.1) is 0 Å². The Balaban J connectivity index is 1.77. The fourth-order valence-corrected chi connectivity index (χ4v) is 3.44. The number of thiophene rings is 1. The average Bonchev–Trinajstić information content (AvgIpc) is 3.02. The van der Waals surface area contributed by atoms with Crippen LogP contribution in [0.15, 0.2) is 29.9 Å². The van der Waals surface area contributed by atoms with Gasteiger partial charge in [0.1, 0.15) is 5.82 Å². The molecule has 0 saturated carbocycles. The van der Waals surface area contributed by atoms with Crippen molar-refractivity contribution in [3.05, 3.63) is 40.6 Å². The van der Waals surface area contributed by atoms with Gasteiger partial charge in [-0.15, -0.1) is 11.3 Å². The first-order chi connectivity index (χ1) is 8.34. The van der Waals surface area contributed by atoms with Crippen LogP contribution >= 0.6 is 11.3 Å². The lowest BCUT2D eigenvalue weighted by Gasteiger charge is -2.23. The zero-order chi connectivity index (χ0) is 11.7. The molecule has 2 aromatic rings. The lowest BCUT2D eigenvalue weighted by molar-refractivity contribution is 0.243. The highest BCUT2D eigenvalue weighted by Gasteiger charge is 2.27. The van der Waals surface area contributed by atoms with Gasteiger partial charge in [-0.1, -0.05) is 6.07 Å². The molecule has 17 heavy (non-hydrogen) atoms. The Morgan fingerprint density at radius 3 is 3.18 bits per heavy atom. The third-order valence-electron chi connectivity index (χ3n) is 3.50. The number of rotatable bonds is 3. The fourth-order valence-electron chi connectivity index (χ4n) is 2.55. The second-order valence-electron chi connectivity index (χ2n) is 4.60. The summed E-state index contributed by atoms with van der Waals surface area (Å²) < 4.78 is 2.11. The summed E-state index contributed by atoms with van der Waals surface area (Å²) in [5.74, 6) is 1.16. The first kappa shape index (κ1) is 11.0. The van der Waals surface area contributed by atoms with E-state index in [-0.39, 0.29) is 0 Å². The summed E-state index contributed by atoms with van der Waals surface area (Å²) in [4.78, 5) is 8.47. The monoisotopic (exact) mass is 247 g/mol. The SMILES string of the molecule is Cn1ccnc1CN1CCCC1c1cccs1. The molecule has 4 heteroatoms. The van der Waals surface area contributed by atoms with Crippen LogP contribution in [0.3, 0.4) is 0 Å². The van der Waals surface area contributed by atoms with Gasteiger partial charge < -0.3 is 4.57 Å². The van der Waals surface area contributed by atoms with Gasteiger partial charge in [0.2, 0.25) is 0 Å². The van der Waals surface area contributed by atoms with Gasteiger partial charge in [-0.25, -0.2) is 4.98 Å². The van der Waals surface area contributed by atoms with Crippen LogP contribution in [0.2, 0.25) is 0 Å². The fraction of sp³-hybridized carbons (Fsp3) is 0.462. The number of nitrogens with zero attached hydrogens (tertiary/aromatic N) is 3. The molecule has 3 nitrogen and oxygen atoms in total. The highest BCUT2D eigenvalue weighted by molar-refractivity contribution is 7.10. The zero-order valence-electron chi connectivity index (χ0n) is 10.0. The zero-order valence-corrected chi connectivity index (χ0v) is 10.9. The molecule has 1 fully saturated rings. The van der Waals surface area contributed by atoms with E-state index < -0.39 is 0 Å². The van der Waals surface area contributed by atoms with Crippen molar-refractivity contribution in [2.75, 3.05) is 6.54 Å². The molecule has 0 radical (unpaired) electrons. The highest BCUT2D eigenvalue weighted by Crippen LogP contribution is 2.35. The van der Waals surface area contributed by atoms with Gasteiger partial charge in [-0.2, -0.15) is 0 Å². The Labute approximate surface area is 106 Å². The number of likely N-dealkylation sites (tertiary alicyclic amines) is 1. The van der Waals surface area contributed by atoms with Gasteiger partial charge in [-0.3, -0.25) is 4.90 Å². The first-order valence-corrected chi connectivity index (χ1v) is 6.96. The van der Waals surface area contributed by atoms with Crippen molar-refractivity contribution in [2.45, 2.75) is 25.4 Å². The Kier molecular flexibility index (Phi) is 2.99. The van der Waals surface area contributed by atoms with Gasteiger partial charge in [0, 0.05) is 30.4 Å². The third kappa shape index (κ3) is 2.15. The van der Waals surface area contributed by atoms with Crippen LogP contribution < -0.4 is 0 Å². The molecule has 1 aliphatic heterocycles. The van der Waals surface area contributed by atoms with Crippen molar-refractivity contribution in [3.8, 4) is 0 Å². The summed E-state index contributed by atoms with van der Waals surface area (Å²) in [6.45, 7) is 2.15. The van der Waals surface area contributed by atoms with E-state index in [0.29, 0.717) is 6.04 Å². The molecule has 0 aromatic carbocycles. The van der Waals surface area contributed by atoms with Gasteiger partial charge in [-0.05, 0) is 30.8 Å². The van der Waals surface area contributed by atoms with Crippen LogP contribution in [0.5, 0.6) is 0 Å². The summed E-state index contributed by atoms with van der Waals surface area (Å²) in [6, 6.07) is 5.01. The number of aryl methyl sites for hydroxylation is 1. The van der Waals surface area contributed by atoms with Gasteiger partial charge >= 0.3 is 0 Å². The maximum Gasteiger partial charge on any atom is 0.122 e. The van der Waals surface area contributed by atoms with E-state index >= 15 is 0 Å². The quantitative estimate of drug-likeness (QED) is 0.831. The molecule has 3 rings (SSSR count). The Morgan fingerprint density at radius 1 is 1.53 bits per heavy atom. The number of aromatic nitrogens is 2. The minimum absolute atomic E-state index is 0.603. The Morgan fingerprint density at radius 2 is 2.47 bits per heavy atom. The molecule has 0 spiro atoms.